The first-order valence-corrected chi connectivity index (χ1v) is 7.55. The van der Waals surface area contributed by atoms with Crippen LogP contribution in [0.5, 0.6) is 0 Å². The Morgan fingerprint density at radius 3 is 2.60 bits per heavy atom. The van der Waals surface area contributed by atoms with Gasteiger partial charge in [0, 0.05) is 29.5 Å². The Hall–Kier alpha value is -3.74. The lowest BCUT2D eigenvalue weighted by molar-refractivity contribution is 0.434. The van der Waals surface area contributed by atoms with Crippen molar-refractivity contribution in [1.82, 2.24) is 20.1 Å². The molecule has 0 amide bonds. The number of aromatic nitrogens is 4. The van der Waals surface area contributed by atoms with Gasteiger partial charge in [-0.1, -0.05) is 35.5 Å². The van der Waals surface area contributed by atoms with Crippen LogP contribution < -0.4 is 11.3 Å². The predicted octanol–water partition coefficient (Wildman–Crippen LogP) is 2.74. The van der Waals surface area contributed by atoms with Gasteiger partial charge in [-0.2, -0.15) is 0 Å². The summed E-state index contributed by atoms with van der Waals surface area (Å²) >= 11 is 0. The molecule has 7 nitrogen and oxygen atoms in total. The van der Waals surface area contributed by atoms with E-state index in [1.807, 2.05) is 30.3 Å². The summed E-state index contributed by atoms with van der Waals surface area (Å²) in [5.41, 5.74) is 9.07. The maximum absolute atomic E-state index is 11.2. The van der Waals surface area contributed by atoms with Crippen LogP contribution in [0.15, 0.2) is 70.2 Å². The van der Waals surface area contributed by atoms with E-state index < -0.39 is 0 Å². The van der Waals surface area contributed by atoms with E-state index >= 15 is 0 Å². The van der Waals surface area contributed by atoms with E-state index in [2.05, 4.69) is 20.1 Å². The smallest absolute Gasteiger partial charge is 0.247 e. The van der Waals surface area contributed by atoms with E-state index in [-0.39, 0.29) is 11.4 Å². The second-order valence-electron chi connectivity index (χ2n) is 5.37. The van der Waals surface area contributed by atoms with E-state index in [1.54, 1.807) is 24.5 Å². The van der Waals surface area contributed by atoms with Gasteiger partial charge in [-0.25, -0.2) is 9.97 Å². The van der Waals surface area contributed by atoms with E-state index in [4.69, 9.17) is 10.3 Å². The quantitative estimate of drug-likeness (QED) is 0.597. The lowest BCUT2D eigenvalue weighted by Gasteiger charge is -2.04. The van der Waals surface area contributed by atoms with Gasteiger partial charge in [-0.3, -0.25) is 4.79 Å². The average Bonchev–Trinajstić information content (AvgIpc) is 3.14. The van der Waals surface area contributed by atoms with Gasteiger partial charge in [0.2, 0.25) is 5.56 Å². The number of nitrogens with two attached hydrogens (primary N) is 1. The minimum absolute atomic E-state index is 0.185. The van der Waals surface area contributed by atoms with Crippen LogP contribution in [0, 0.1) is 0 Å². The van der Waals surface area contributed by atoms with Crippen LogP contribution in [0.25, 0.3) is 34.0 Å². The molecule has 3 N–H and O–H groups in total. The first-order valence-electron chi connectivity index (χ1n) is 7.55. The van der Waals surface area contributed by atoms with Crippen molar-refractivity contribution in [3.63, 3.8) is 0 Å². The molecule has 3 heterocycles. The monoisotopic (exact) mass is 331 g/mol. The normalized spacial score (nSPS) is 10.7. The first kappa shape index (κ1) is 14.8. The van der Waals surface area contributed by atoms with Crippen LogP contribution >= 0.6 is 0 Å². The Morgan fingerprint density at radius 2 is 1.84 bits per heavy atom. The van der Waals surface area contributed by atoms with Gasteiger partial charge in [0.15, 0.2) is 17.3 Å². The topological polar surface area (TPSA) is 111 Å². The molecule has 0 aliphatic heterocycles. The molecule has 122 valence electrons. The Morgan fingerprint density at radius 1 is 1.00 bits per heavy atom. The number of nitrogen functional groups attached to an aromatic ring is 1. The lowest BCUT2D eigenvalue weighted by Crippen LogP contribution is -2.03. The predicted molar refractivity (Wildman–Crippen MR) is 93.4 cm³/mol. The maximum Gasteiger partial charge on any atom is 0.247 e. The number of nitrogens with zero attached hydrogens (tertiary/aromatic N) is 3. The summed E-state index contributed by atoms with van der Waals surface area (Å²) in [5.74, 6) is 0.666. The molecule has 0 fully saturated rings. The Labute approximate surface area is 142 Å². The van der Waals surface area contributed by atoms with E-state index in [9.17, 15) is 4.79 Å². The number of rotatable bonds is 3. The van der Waals surface area contributed by atoms with Gasteiger partial charge in [0.1, 0.15) is 5.69 Å². The maximum atomic E-state index is 11.2. The summed E-state index contributed by atoms with van der Waals surface area (Å²) in [6.45, 7) is 0. The largest absolute Gasteiger partial charge is 0.382 e. The standard InChI is InChI=1S/C18H13N5O2/c19-18-17(15-8-13(23-25-15)11-4-2-1-3-5-11)22-14(10-21-18)12-6-7-16(24)20-9-12/h1-10H,(H2,19,21)(H,20,24). The van der Waals surface area contributed by atoms with Crippen molar-refractivity contribution in [2.24, 2.45) is 0 Å². The molecule has 0 unspecified atom stereocenters. The Bertz CT molecular complexity index is 1070. The fourth-order valence-electron chi connectivity index (χ4n) is 2.42. The molecule has 7 heteroatoms. The SMILES string of the molecule is Nc1ncc(-c2ccc(=O)[nH]c2)nc1-c1cc(-c2ccccc2)no1. The van der Waals surface area contributed by atoms with Crippen molar-refractivity contribution in [3.8, 4) is 34.0 Å². The van der Waals surface area contributed by atoms with Crippen molar-refractivity contribution in [3.05, 3.63) is 71.3 Å². The molecule has 0 saturated heterocycles. The molecular formula is C18H13N5O2. The van der Waals surface area contributed by atoms with Crippen molar-refractivity contribution in [2.45, 2.75) is 0 Å². The highest BCUT2D eigenvalue weighted by Crippen LogP contribution is 2.29. The molecule has 0 aliphatic rings. The minimum atomic E-state index is -0.185. The summed E-state index contributed by atoms with van der Waals surface area (Å²) in [6, 6.07) is 14.5. The van der Waals surface area contributed by atoms with Gasteiger partial charge in [0.25, 0.3) is 0 Å². The molecule has 0 atom stereocenters. The zero-order chi connectivity index (χ0) is 17.2. The zero-order valence-corrected chi connectivity index (χ0v) is 13.0. The number of nitrogens with one attached hydrogen (secondary N) is 1. The van der Waals surface area contributed by atoms with Gasteiger partial charge in [-0.15, -0.1) is 0 Å². The van der Waals surface area contributed by atoms with Gasteiger partial charge < -0.3 is 15.2 Å². The molecule has 0 aliphatic carbocycles. The molecule has 1 aromatic carbocycles. The van der Waals surface area contributed by atoms with Crippen molar-refractivity contribution in [2.75, 3.05) is 5.73 Å². The zero-order valence-electron chi connectivity index (χ0n) is 13.0. The van der Waals surface area contributed by atoms with Gasteiger partial charge >= 0.3 is 0 Å². The number of hydrogen-bond donors (Lipinski definition) is 2. The lowest BCUT2D eigenvalue weighted by atomic mass is 10.1. The molecule has 0 radical (unpaired) electrons. The third-order valence-corrected chi connectivity index (χ3v) is 3.69. The Balaban J connectivity index is 1.75. The fourth-order valence-corrected chi connectivity index (χ4v) is 2.42. The summed E-state index contributed by atoms with van der Waals surface area (Å²) in [5, 5.41) is 4.07. The van der Waals surface area contributed by atoms with Gasteiger partial charge in [0.05, 0.1) is 11.9 Å². The number of benzene rings is 1. The third kappa shape index (κ3) is 2.90. The van der Waals surface area contributed by atoms with Crippen LogP contribution in [0.3, 0.4) is 0 Å². The highest BCUT2D eigenvalue weighted by atomic mass is 16.5. The summed E-state index contributed by atoms with van der Waals surface area (Å²) in [6.07, 6.45) is 3.11. The third-order valence-electron chi connectivity index (χ3n) is 3.69. The van der Waals surface area contributed by atoms with Crippen LogP contribution in [0.2, 0.25) is 0 Å². The van der Waals surface area contributed by atoms with Crippen LogP contribution in [0.1, 0.15) is 0 Å². The molecular weight excluding hydrogens is 318 g/mol. The number of H-pyrrole nitrogens is 1. The molecule has 0 saturated carbocycles. The second-order valence-corrected chi connectivity index (χ2v) is 5.37. The Kier molecular flexibility index (Phi) is 3.59. The highest BCUT2D eigenvalue weighted by Gasteiger charge is 2.15. The van der Waals surface area contributed by atoms with Crippen molar-refractivity contribution < 1.29 is 4.52 Å². The van der Waals surface area contributed by atoms with E-state index in [1.165, 1.54) is 6.07 Å². The minimum Gasteiger partial charge on any atom is -0.382 e. The number of anilines is 1. The van der Waals surface area contributed by atoms with E-state index in [0.717, 1.165) is 11.1 Å². The molecule has 0 spiro atoms. The molecule has 3 aromatic heterocycles. The van der Waals surface area contributed by atoms with Gasteiger partial charge in [-0.05, 0) is 6.07 Å². The second kappa shape index (κ2) is 6.04. The molecule has 0 bridgehead atoms. The molecule has 4 rings (SSSR count). The highest BCUT2D eigenvalue weighted by molar-refractivity contribution is 5.72. The van der Waals surface area contributed by atoms with Crippen molar-refractivity contribution >= 4 is 5.82 Å². The van der Waals surface area contributed by atoms with Crippen LogP contribution in [-0.4, -0.2) is 20.1 Å². The van der Waals surface area contributed by atoms with Crippen LogP contribution in [-0.2, 0) is 0 Å². The molecule has 4 aromatic rings. The van der Waals surface area contributed by atoms with Crippen LogP contribution in [0.4, 0.5) is 5.82 Å². The number of pyridine rings is 1. The summed E-state index contributed by atoms with van der Waals surface area (Å²) in [4.78, 5) is 22.5. The van der Waals surface area contributed by atoms with E-state index in [0.29, 0.717) is 22.8 Å². The number of hydrogen-bond acceptors (Lipinski definition) is 6. The fraction of sp³-hybridized carbons (Fsp3) is 0. The van der Waals surface area contributed by atoms with Crippen molar-refractivity contribution in [1.29, 1.82) is 0 Å². The average molecular weight is 331 g/mol. The first-order chi connectivity index (χ1) is 12.2. The number of aromatic amines is 1. The molecule has 25 heavy (non-hydrogen) atoms. The summed E-state index contributed by atoms with van der Waals surface area (Å²) < 4.78 is 5.41. The summed E-state index contributed by atoms with van der Waals surface area (Å²) in [7, 11) is 0.